The van der Waals surface area contributed by atoms with Crippen LogP contribution in [-0.2, 0) is 21.4 Å². The number of hydrogen-bond donors (Lipinski definition) is 5. The first kappa shape index (κ1) is 27.6. The molecule has 0 aliphatic heterocycles. The van der Waals surface area contributed by atoms with Gasteiger partial charge in [0, 0.05) is 11.5 Å². The van der Waals surface area contributed by atoms with Crippen molar-refractivity contribution in [3.63, 3.8) is 0 Å². The van der Waals surface area contributed by atoms with Gasteiger partial charge in [0.2, 0.25) is 5.78 Å². The number of rotatable bonds is 3. The molecule has 40 heavy (non-hydrogen) atoms. The number of Topliss-reactive ketones (excluding diaryl/α,β-unsaturated/α-hetero) is 2. The summed E-state index contributed by atoms with van der Waals surface area (Å²) in [6.45, 7) is 6.35. The van der Waals surface area contributed by atoms with Crippen molar-refractivity contribution in [2.24, 2.45) is 17.6 Å². The van der Waals surface area contributed by atoms with Gasteiger partial charge >= 0.3 is 0 Å². The Bertz CT molecular complexity index is 1530. The Morgan fingerprint density at radius 3 is 2.20 bits per heavy atom. The zero-order valence-corrected chi connectivity index (χ0v) is 23.1. The summed E-state index contributed by atoms with van der Waals surface area (Å²) in [4.78, 5) is 41.0. The van der Waals surface area contributed by atoms with Crippen LogP contribution in [0.5, 0.6) is 5.75 Å². The highest BCUT2D eigenvalue weighted by Crippen LogP contribution is 2.53. The van der Waals surface area contributed by atoms with E-state index in [2.05, 4.69) is 20.8 Å². The van der Waals surface area contributed by atoms with Crippen LogP contribution in [0.3, 0.4) is 0 Å². The number of ketones is 2. The van der Waals surface area contributed by atoms with Gasteiger partial charge < -0.3 is 26.2 Å². The summed E-state index contributed by atoms with van der Waals surface area (Å²) < 4.78 is 0. The Hall–Kier alpha value is -3.95. The fourth-order valence-electron chi connectivity index (χ4n) is 6.67. The topological polar surface area (TPSA) is 161 Å². The van der Waals surface area contributed by atoms with E-state index < -0.39 is 58.0 Å². The molecule has 0 saturated carbocycles. The molecule has 3 aliphatic rings. The first-order valence-electron chi connectivity index (χ1n) is 13.2. The zero-order chi connectivity index (χ0) is 29.5. The number of nitrogens with zero attached hydrogens (tertiary/aromatic N) is 1. The second kappa shape index (κ2) is 9.04. The molecule has 0 bridgehead atoms. The number of fused-ring (bicyclic) bond motifs is 3. The van der Waals surface area contributed by atoms with Gasteiger partial charge in [0.25, 0.3) is 5.91 Å². The number of aromatic hydroxyl groups is 1. The lowest BCUT2D eigenvalue weighted by Gasteiger charge is -2.50. The van der Waals surface area contributed by atoms with Gasteiger partial charge in [0.1, 0.15) is 22.8 Å². The summed E-state index contributed by atoms with van der Waals surface area (Å²) in [6, 6.07) is 10.1. The number of phenols is 1. The smallest absolute Gasteiger partial charge is 0.255 e. The molecule has 9 heteroatoms. The number of nitrogens with two attached hydrogens (primary N) is 1. The summed E-state index contributed by atoms with van der Waals surface area (Å²) in [7, 11) is 3.20. The van der Waals surface area contributed by atoms with Crippen LogP contribution in [0.15, 0.2) is 59.1 Å². The number of aliphatic hydroxyl groups is 3. The monoisotopic (exact) mass is 546 g/mol. The first-order valence-corrected chi connectivity index (χ1v) is 13.2. The molecule has 0 saturated heterocycles. The maximum absolute atomic E-state index is 13.9. The first-order chi connectivity index (χ1) is 18.6. The number of likely N-dealkylation sites (N-methyl/N-ethyl adjacent to an activating group) is 1. The Morgan fingerprint density at radius 2 is 1.65 bits per heavy atom. The fraction of sp³-hybridized carbons (Fsp3) is 0.387. The third-order valence-corrected chi connectivity index (χ3v) is 8.67. The van der Waals surface area contributed by atoms with Gasteiger partial charge in [-0.3, -0.25) is 19.3 Å². The number of benzene rings is 2. The van der Waals surface area contributed by atoms with Gasteiger partial charge in [-0.1, -0.05) is 51.1 Å². The molecule has 9 nitrogen and oxygen atoms in total. The van der Waals surface area contributed by atoms with Gasteiger partial charge in [0.05, 0.1) is 11.6 Å². The Kier molecular flexibility index (Phi) is 6.24. The van der Waals surface area contributed by atoms with Crippen molar-refractivity contribution in [1.82, 2.24) is 4.90 Å². The van der Waals surface area contributed by atoms with Crippen molar-refractivity contribution in [1.29, 1.82) is 0 Å². The normalized spacial score (nSPS) is 26.5. The third-order valence-electron chi connectivity index (χ3n) is 8.67. The van der Waals surface area contributed by atoms with Crippen molar-refractivity contribution in [2.75, 3.05) is 14.1 Å². The van der Waals surface area contributed by atoms with Crippen LogP contribution in [-0.4, -0.2) is 68.5 Å². The van der Waals surface area contributed by atoms with Crippen molar-refractivity contribution >= 4 is 17.5 Å². The molecule has 0 fully saturated rings. The van der Waals surface area contributed by atoms with Crippen LogP contribution >= 0.6 is 0 Å². The van der Waals surface area contributed by atoms with Crippen LogP contribution in [0, 0.1) is 11.8 Å². The molecule has 0 radical (unpaired) electrons. The zero-order valence-electron chi connectivity index (χ0n) is 23.1. The van der Waals surface area contributed by atoms with Crippen LogP contribution in [0.25, 0.3) is 11.1 Å². The fourth-order valence-corrected chi connectivity index (χ4v) is 6.67. The standard InChI is InChI=1S/C31H34N2O7/c1-30(2,3)16-8-6-14(7-9-16)17-10-11-20(34)22-18(17)12-15-13-19-24(33(4)5)26(36)23(29(32)39)28(38)31(19,40)27(37)21(15)25(22)35/h6-11,15,19,24,34,36-37,40H,12-13H2,1-5H3,(H2,32,39)/t15-,19+,24+,31+/m0/s1. The molecular weight excluding hydrogens is 512 g/mol. The maximum atomic E-state index is 13.9. The highest BCUT2D eigenvalue weighted by molar-refractivity contribution is 6.24. The van der Waals surface area contributed by atoms with Crippen LogP contribution in [0.1, 0.15) is 48.7 Å². The predicted octanol–water partition coefficient (Wildman–Crippen LogP) is 3.09. The molecule has 5 rings (SSSR count). The van der Waals surface area contributed by atoms with Gasteiger partial charge in [-0.15, -0.1) is 0 Å². The molecule has 1 amide bonds. The summed E-state index contributed by atoms with van der Waals surface area (Å²) in [5.74, 6) is -6.62. The molecule has 0 unspecified atom stereocenters. The van der Waals surface area contributed by atoms with E-state index in [4.69, 9.17) is 5.73 Å². The summed E-state index contributed by atoms with van der Waals surface area (Å²) in [5, 5.41) is 44.8. The van der Waals surface area contributed by atoms with E-state index in [0.717, 1.165) is 16.7 Å². The molecule has 210 valence electrons. The van der Waals surface area contributed by atoms with Gasteiger partial charge in [-0.25, -0.2) is 0 Å². The molecule has 0 heterocycles. The van der Waals surface area contributed by atoms with E-state index in [1.54, 1.807) is 20.2 Å². The van der Waals surface area contributed by atoms with E-state index in [-0.39, 0.29) is 35.1 Å². The van der Waals surface area contributed by atoms with Crippen LogP contribution in [0.2, 0.25) is 0 Å². The third kappa shape index (κ3) is 3.79. The highest BCUT2D eigenvalue weighted by atomic mass is 16.3. The Balaban J connectivity index is 1.68. The molecule has 4 atom stereocenters. The number of amides is 1. The minimum Gasteiger partial charge on any atom is -0.510 e. The molecule has 0 spiro atoms. The number of allylic oxidation sites excluding steroid dienone is 1. The van der Waals surface area contributed by atoms with E-state index in [9.17, 15) is 34.8 Å². The van der Waals surface area contributed by atoms with E-state index in [0.29, 0.717) is 5.56 Å². The summed E-state index contributed by atoms with van der Waals surface area (Å²) in [6.07, 6.45) is 0.281. The highest BCUT2D eigenvalue weighted by Gasteiger charge is 2.63. The Morgan fingerprint density at radius 1 is 1.02 bits per heavy atom. The van der Waals surface area contributed by atoms with Crippen LogP contribution in [0.4, 0.5) is 0 Å². The van der Waals surface area contributed by atoms with Crippen molar-refractivity contribution in [3.8, 4) is 16.9 Å². The summed E-state index contributed by atoms with van der Waals surface area (Å²) in [5.41, 5.74) is 5.03. The minimum atomic E-state index is -2.65. The number of hydrogen-bond acceptors (Lipinski definition) is 8. The average molecular weight is 547 g/mol. The minimum absolute atomic E-state index is 0.00169. The molecule has 3 aliphatic carbocycles. The van der Waals surface area contributed by atoms with E-state index in [1.165, 1.54) is 11.0 Å². The quantitative estimate of drug-likeness (QED) is 0.367. The lowest BCUT2D eigenvalue weighted by Crippen LogP contribution is -2.63. The number of carbonyl (C=O) groups is 3. The van der Waals surface area contributed by atoms with Gasteiger partial charge in [-0.05, 0) is 66.6 Å². The lowest BCUT2D eigenvalue weighted by atomic mass is 9.58. The molecule has 6 N–H and O–H groups in total. The number of primary amides is 1. The van der Waals surface area contributed by atoms with Crippen molar-refractivity contribution in [2.45, 2.75) is 50.7 Å². The second-order valence-corrected chi connectivity index (χ2v) is 12.3. The average Bonchev–Trinajstić information content (AvgIpc) is 2.85. The maximum Gasteiger partial charge on any atom is 0.255 e. The van der Waals surface area contributed by atoms with Gasteiger partial charge in [0.15, 0.2) is 11.4 Å². The van der Waals surface area contributed by atoms with Crippen LogP contribution < -0.4 is 5.73 Å². The van der Waals surface area contributed by atoms with E-state index in [1.807, 2.05) is 24.3 Å². The van der Waals surface area contributed by atoms with Gasteiger partial charge in [-0.2, -0.15) is 0 Å². The second-order valence-electron chi connectivity index (χ2n) is 12.3. The molecule has 2 aromatic rings. The van der Waals surface area contributed by atoms with E-state index >= 15 is 0 Å². The molecule has 0 aromatic heterocycles. The summed E-state index contributed by atoms with van der Waals surface area (Å²) >= 11 is 0. The Labute approximate surface area is 232 Å². The van der Waals surface area contributed by atoms with Crippen molar-refractivity contribution < 1.29 is 34.8 Å². The number of aliphatic hydroxyl groups excluding tert-OH is 2. The largest absolute Gasteiger partial charge is 0.510 e. The number of carbonyl (C=O) groups excluding carboxylic acids is 3. The lowest BCUT2D eigenvalue weighted by molar-refractivity contribution is -0.148. The number of phenolic OH excluding ortho intramolecular Hbond substituents is 1. The molecule has 2 aromatic carbocycles. The predicted molar refractivity (Wildman–Crippen MR) is 148 cm³/mol. The SMILES string of the molecule is CN(C)[C@H]1C(O)=C(C(N)=O)C(=O)[C@]2(O)C(O)=C3C(=O)c4c(O)ccc(-c5ccc(C(C)(C)C)cc5)c4C[C@H]3C[C@H]12. The molecular formula is C31H34N2O7. The van der Waals surface area contributed by atoms with Crippen molar-refractivity contribution in [3.05, 3.63) is 75.8 Å².